The second kappa shape index (κ2) is 5.70. The topological polar surface area (TPSA) is 28.4 Å². The fourth-order valence-electron chi connectivity index (χ4n) is 4.97. The summed E-state index contributed by atoms with van der Waals surface area (Å²) >= 11 is 0. The lowest BCUT2D eigenvalue weighted by molar-refractivity contribution is 0.0206. The van der Waals surface area contributed by atoms with Gasteiger partial charge in [0.2, 0.25) is 0 Å². The van der Waals surface area contributed by atoms with Crippen LogP contribution in [0.1, 0.15) is 34.4 Å². The van der Waals surface area contributed by atoms with Gasteiger partial charge < -0.3 is 14.6 Å². The van der Waals surface area contributed by atoms with Gasteiger partial charge in [0.25, 0.3) is 0 Å². The van der Waals surface area contributed by atoms with Crippen molar-refractivity contribution < 1.29 is 5.11 Å². The maximum Gasteiger partial charge on any atom is 0.108 e. The van der Waals surface area contributed by atoms with E-state index in [4.69, 9.17) is 0 Å². The molecule has 134 valence electrons. The zero-order chi connectivity index (χ0) is 17.9. The third kappa shape index (κ3) is 2.34. The Hall–Kier alpha value is -2.10. The van der Waals surface area contributed by atoms with Crippen LogP contribution in [0.2, 0.25) is 0 Å². The first-order valence-electron chi connectivity index (χ1n) is 9.65. The monoisotopic (exact) mass is 346 g/mol. The number of aliphatic hydroxyl groups is 1. The second-order valence-corrected chi connectivity index (χ2v) is 8.21. The van der Waals surface area contributed by atoms with Crippen molar-refractivity contribution >= 4 is 10.9 Å². The number of hydrogen-bond donors (Lipinski definition) is 1. The summed E-state index contributed by atoms with van der Waals surface area (Å²) < 4.78 is 2.42. The fourth-order valence-corrected chi connectivity index (χ4v) is 4.97. The van der Waals surface area contributed by atoms with Crippen LogP contribution in [0.5, 0.6) is 0 Å². The number of nitrogens with zero attached hydrogens (tertiary/aromatic N) is 2. The lowest BCUT2D eigenvalue weighted by Crippen LogP contribution is -2.32. The maximum absolute atomic E-state index is 11.6. The lowest BCUT2D eigenvalue weighted by Gasteiger charge is -2.29. The predicted octanol–water partition coefficient (Wildman–Crippen LogP) is 3.77. The van der Waals surface area contributed by atoms with Crippen molar-refractivity contribution in [3.05, 3.63) is 70.4 Å². The summed E-state index contributed by atoms with van der Waals surface area (Å²) in [6.07, 6.45) is 2.83. The van der Waals surface area contributed by atoms with Crippen LogP contribution in [0.4, 0.5) is 0 Å². The van der Waals surface area contributed by atoms with Crippen LogP contribution in [0, 0.1) is 6.92 Å². The molecule has 1 aliphatic heterocycles. The highest BCUT2D eigenvalue weighted by Crippen LogP contribution is 2.40. The van der Waals surface area contributed by atoms with Crippen LogP contribution in [-0.2, 0) is 31.5 Å². The van der Waals surface area contributed by atoms with Crippen LogP contribution in [0.15, 0.2) is 42.5 Å². The molecule has 3 heteroatoms. The Balaban J connectivity index is 1.66. The third-order valence-electron chi connectivity index (χ3n) is 6.35. The predicted molar refractivity (Wildman–Crippen MR) is 105 cm³/mol. The van der Waals surface area contributed by atoms with Crippen LogP contribution in [0.3, 0.4) is 0 Å². The molecule has 0 radical (unpaired) electrons. The molecule has 0 saturated heterocycles. The first-order valence-corrected chi connectivity index (χ1v) is 9.65. The number of rotatable bonds is 2. The Bertz CT molecular complexity index is 1000. The van der Waals surface area contributed by atoms with E-state index in [1.54, 1.807) is 0 Å². The molecule has 3 aromatic rings. The van der Waals surface area contributed by atoms with Crippen LogP contribution >= 0.6 is 0 Å². The van der Waals surface area contributed by atoms with Crippen molar-refractivity contribution in [2.75, 3.05) is 13.6 Å². The van der Waals surface area contributed by atoms with E-state index in [1.807, 2.05) is 0 Å². The summed E-state index contributed by atoms with van der Waals surface area (Å²) in [4.78, 5) is 2.40. The van der Waals surface area contributed by atoms with E-state index in [1.165, 1.54) is 33.3 Å². The molecular formula is C23H26N2O. The molecular weight excluding hydrogens is 320 g/mol. The Morgan fingerprint density at radius 2 is 1.96 bits per heavy atom. The minimum absolute atomic E-state index is 0.655. The number of aryl methyl sites for hydroxylation is 2. The summed E-state index contributed by atoms with van der Waals surface area (Å²) in [5.41, 5.74) is 7.11. The second-order valence-electron chi connectivity index (χ2n) is 8.21. The third-order valence-corrected chi connectivity index (χ3v) is 6.35. The molecule has 1 aliphatic carbocycles. The molecule has 1 N–H and O–H groups in total. The number of benzene rings is 2. The van der Waals surface area contributed by atoms with E-state index in [0.29, 0.717) is 6.54 Å². The van der Waals surface area contributed by atoms with Gasteiger partial charge in [0.05, 0.1) is 6.54 Å². The zero-order valence-corrected chi connectivity index (χ0v) is 15.6. The molecule has 2 aromatic carbocycles. The van der Waals surface area contributed by atoms with E-state index < -0.39 is 5.60 Å². The van der Waals surface area contributed by atoms with Crippen molar-refractivity contribution in [1.82, 2.24) is 9.47 Å². The molecule has 0 spiro atoms. The van der Waals surface area contributed by atoms with E-state index in [9.17, 15) is 5.11 Å². The SMILES string of the molecule is Cc1ccc2c(c1)c1c(n2CC2(O)CCc3ccccc32)CCN(C)C1. The minimum atomic E-state index is -0.759. The molecule has 0 bridgehead atoms. The van der Waals surface area contributed by atoms with Gasteiger partial charge >= 0.3 is 0 Å². The molecule has 0 saturated carbocycles. The number of aromatic nitrogens is 1. The summed E-state index contributed by atoms with van der Waals surface area (Å²) in [5, 5.41) is 12.9. The average molecular weight is 346 g/mol. The normalized spacial score (nSPS) is 22.6. The van der Waals surface area contributed by atoms with Crippen molar-refractivity contribution in [2.45, 2.75) is 44.9 Å². The Labute approximate surface area is 154 Å². The Morgan fingerprint density at radius 1 is 1.12 bits per heavy atom. The molecule has 2 aliphatic rings. The first-order chi connectivity index (χ1) is 12.5. The molecule has 1 aromatic heterocycles. The average Bonchev–Trinajstić information content (AvgIpc) is 3.11. The van der Waals surface area contributed by atoms with Gasteiger partial charge in [0.1, 0.15) is 5.60 Å². The molecule has 0 fully saturated rings. The largest absolute Gasteiger partial charge is 0.383 e. The smallest absolute Gasteiger partial charge is 0.108 e. The fraction of sp³-hybridized carbons (Fsp3) is 0.391. The van der Waals surface area contributed by atoms with E-state index in [0.717, 1.165) is 37.9 Å². The molecule has 3 nitrogen and oxygen atoms in total. The van der Waals surface area contributed by atoms with Gasteiger partial charge in [-0.15, -0.1) is 0 Å². The van der Waals surface area contributed by atoms with Crippen LogP contribution in [-0.4, -0.2) is 28.2 Å². The number of likely N-dealkylation sites (N-methyl/N-ethyl adjacent to an activating group) is 1. The summed E-state index contributed by atoms with van der Waals surface area (Å²) in [7, 11) is 2.20. The van der Waals surface area contributed by atoms with Gasteiger partial charge in [-0.2, -0.15) is 0 Å². The van der Waals surface area contributed by atoms with Gasteiger partial charge in [-0.25, -0.2) is 0 Å². The maximum atomic E-state index is 11.6. The highest BCUT2D eigenvalue weighted by molar-refractivity contribution is 5.86. The number of hydrogen-bond acceptors (Lipinski definition) is 2. The van der Waals surface area contributed by atoms with Crippen LogP contribution < -0.4 is 0 Å². The van der Waals surface area contributed by atoms with E-state index in [2.05, 4.69) is 65.9 Å². The van der Waals surface area contributed by atoms with Gasteiger partial charge in [-0.05, 0) is 55.6 Å². The summed E-state index contributed by atoms with van der Waals surface area (Å²) in [5.74, 6) is 0. The van der Waals surface area contributed by atoms with Crippen molar-refractivity contribution in [2.24, 2.45) is 0 Å². The van der Waals surface area contributed by atoms with Crippen molar-refractivity contribution in [3.63, 3.8) is 0 Å². The first kappa shape index (κ1) is 16.1. The van der Waals surface area contributed by atoms with E-state index >= 15 is 0 Å². The molecule has 26 heavy (non-hydrogen) atoms. The Morgan fingerprint density at radius 3 is 2.85 bits per heavy atom. The van der Waals surface area contributed by atoms with Crippen LogP contribution in [0.25, 0.3) is 10.9 Å². The zero-order valence-electron chi connectivity index (χ0n) is 15.6. The highest BCUT2D eigenvalue weighted by Gasteiger charge is 2.38. The van der Waals surface area contributed by atoms with Crippen molar-refractivity contribution in [3.8, 4) is 0 Å². The summed E-state index contributed by atoms with van der Waals surface area (Å²) in [6.45, 7) is 4.90. The standard InChI is InChI=1S/C23H26N2O/c1-16-7-8-21-18(13-16)19-14-24(2)12-10-22(19)25(21)15-23(26)11-9-17-5-3-4-6-20(17)23/h3-8,13,26H,9-12,14-15H2,1-2H3. The molecule has 1 atom stereocenters. The summed E-state index contributed by atoms with van der Waals surface area (Å²) in [6, 6.07) is 15.2. The van der Waals surface area contributed by atoms with Gasteiger partial charge in [0, 0.05) is 36.1 Å². The van der Waals surface area contributed by atoms with Gasteiger partial charge in [-0.3, -0.25) is 0 Å². The lowest BCUT2D eigenvalue weighted by atomic mass is 9.95. The quantitative estimate of drug-likeness (QED) is 0.765. The van der Waals surface area contributed by atoms with Crippen molar-refractivity contribution in [1.29, 1.82) is 0 Å². The molecule has 1 unspecified atom stereocenters. The molecule has 0 amide bonds. The minimum Gasteiger partial charge on any atom is -0.383 e. The van der Waals surface area contributed by atoms with Gasteiger partial charge in [-0.1, -0.05) is 35.9 Å². The van der Waals surface area contributed by atoms with E-state index in [-0.39, 0.29) is 0 Å². The van der Waals surface area contributed by atoms with Gasteiger partial charge in [0.15, 0.2) is 0 Å². The highest BCUT2D eigenvalue weighted by atomic mass is 16.3. The number of fused-ring (bicyclic) bond motifs is 4. The molecule has 2 heterocycles. The molecule has 5 rings (SSSR count). The Kier molecular flexibility index (Phi) is 3.53.